The van der Waals surface area contributed by atoms with E-state index < -0.39 is 0 Å². The Balaban J connectivity index is 1.76. The Morgan fingerprint density at radius 1 is 1.23 bits per heavy atom. The average Bonchev–Trinajstić information content (AvgIpc) is 2.98. The Morgan fingerprint density at radius 3 is 2.55 bits per heavy atom. The molecule has 4 aliphatic heterocycles. The van der Waals surface area contributed by atoms with Crippen molar-refractivity contribution in [2.75, 3.05) is 13.1 Å². The van der Waals surface area contributed by atoms with Gasteiger partial charge < -0.3 is 0 Å². The van der Waals surface area contributed by atoms with Gasteiger partial charge in [-0.25, -0.2) is 5.01 Å². The van der Waals surface area contributed by atoms with Crippen LogP contribution in [0.15, 0.2) is 33.8 Å². The Morgan fingerprint density at radius 2 is 1.91 bits per heavy atom. The highest BCUT2D eigenvalue weighted by molar-refractivity contribution is 9.10. The zero-order chi connectivity index (χ0) is 15.3. The first kappa shape index (κ1) is 14.4. The summed E-state index contributed by atoms with van der Waals surface area (Å²) in [5, 5.41) is 6.55. The van der Waals surface area contributed by atoms with Gasteiger partial charge >= 0.3 is 0 Å². The van der Waals surface area contributed by atoms with Crippen LogP contribution in [-0.2, 0) is 4.79 Å². The maximum absolute atomic E-state index is 12.4. The van der Waals surface area contributed by atoms with E-state index in [0.29, 0.717) is 12.3 Å². The van der Waals surface area contributed by atoms with Crippen LogP contribution in [0.25, 0.3) is 0 Å². The zero-order valence-electron chi connectivity index (χ0n) is 12.7. The lowest BCUT2D eigenvalue weighted by Gasteiger charge is -2.46. The van der Waals surface area contributed by atoms with Crippen molar-refractivity contribution in [1.82, 2.24) is 9.91 Å². The minimum atomic E-state index is 0.0404. The first-order valence-corrected chi connectivity index (χ1v) is 8.88. The fourth-order valence-corrected chi connectivity index (χ4v) is 4.35. The molecule has 0 saturated carbocycles. The summed E-state index contributed by atoms with van der Waals surface area (Å²) in [5.74, 6) is 0.693. The molecule has 5 heteroatoms. The number of hydrogen-bond donors (Lipinski definition) is 0. The third-order valence-corrected chi connectivity index (χ3v) is 5.73. The SMILES string of the molecule is CCC(=O)N1N=C2C3CCN(CC3)[C@H]2[C@H]1c1ccc(Br)cc1. The molecule has 2 bridgehead atoms. The normalized spacial score (nSPS) is 32.8. The predicted octanol–water partition coefficient (Wildman–Crippen LogP) is 3.19. The molecule has 0 spiro atoms. The fourth-order valence-electron chi connectivity index (χ4n) is 4.08. The van der Waals surface area contributed by atoms with Crippen LogP contribution in [0.3, 0.4) is 0 Å². The molecule has 1 amide bonds. The second kappa shape index (κ2) is 5.46. The summed E-state index contributed by atoms with van der Waals surface area (Å²) in [5.41, 5.74) is 2.42. The van der Waals surface area contributed by atoms with Crippen molar-refractivity contribution >= 4 is 27.5 Å². The van der Waals surface area contributed by atoms with Crippen LogP contribution in [0.5, 0.6) is 0 Å². The second-order valence-electron chi connectivity index (χ2n) is 6.37. The lowest BCUT2D eigenvalue weighted by atomic mass is 9.78. The van der Waals surface area contributed by atoms with Gasteiger partial charge in [0.2, 0.25) is 5.91 Å². The van der Waals surface area contributed by atoms with Gasteiger partial charge in [-0.2, -0.15) is 5.10 Å². The predicted molar refractivity (Wildman–Crippen MR) is 89.5 cm³/mol. The molecule has 5 rings (SSSR count). The summed E-state index contributed by atoms with van der Waals surface area (Å²) >= 11 is 3.49. The van der Waals surface area contributed by atoms with Crippen molar-refractivity contribution in [2.45, 2.75) is 38.3 Å². The van der Waals surface area contributed by atoms with Crippen LogP contribution in [0, 0.1) is 5.92 Å². The molecule has 1 aromatic rings. The Bertz CT molecular complexity index is 619. The third kappa shape index (κ3) is 2.14. The Hall–Kier alpha value is -1.20. The van der Waals surface area contributed by atoms with Crippen molar-refractivity contribution in [3.63, 3.8) is 0 Å². The number of amides is 1. The van der Waals surface area contributed by atoms with E-state index in [2.05, 4.69) is 45.1 Å². The van der Waals surface area contributed by atoms with Gasteiger partial charge in [0.1, 0.15) is 6.04 Å². The van der Waals surface area contributed by atoms with Crippen LogP contribution in [0.2, 0.25) is 0 Å². The maximum Gasteiger partial charge on any atom is 0.243 e. The standard InChI is InChI=1S/C17H20BrN3O/c1-2-14(22)21-16(12-3-5-13(18)6-4-12)17-15(19-21)11-7-9-20(17)10-8-11/h3-6,11,16-17H,2,7-10H2,1H3/t16-,17-/m1/s1. The Labute approximate surface area is 139 Å². The fraction of sp³-hybridized carbons (Fsp3) is 0.529. The number of carbonyl (C=O) groups excluding carboxylic acids is 1. The summed E-state index contributed by atoms with van der Waals surface area (Å²) in [4.78, 5) is 15.0. The number of benzene rings is 1. The number of nitrogens with zero attached hydrogens (tertiary/aromatic N) is 3. The van der Waals surface area contributed by atoms with Gasteiger partial charge in [-0.1, -0.05) is 35.0 Å². The van der Waals surface area contributed by atoms with E-state index in [4.69, 9.17) is 5.10 Å². The Kier molecular flexibility index (Phi) is 3.57. The molecule has 4 nitrogen and oxygen atoms in total. The molecule has 0 N–H and O–H groups in total. The minimum absolute atomic E-state index is 0.0404. The highest BCUT2D eigenvalue weighted by Crippen LogP contribution is 2.43. The summed E-state index contributed by atoms with van der Waals surface area (Å²) < 4.78 is 1.06. The van der Waals surface area contributed by atoms with E-state index in [1.54, 1.807) is 5.01 Å². The second-order valence-corrected chi connectivity index (χ2v) is 7.28. The number of hydrazone groups is 1. The molecular weight excluding hydrogens is 342 g/mol. The molecular formula is C17H20BrN3O. The van der Waals surface area contributed by atoms with Gasteiger partial charge in [0.25, 0.3) is 0 Å². The van der Waals surface area contributed by atoms with Gasteiger partial charge in [-0.05, 0) is 43.6 Å². The van der Waals surface area contributed by atoms with Gasteiger partial charge in [-0.3, -0.25) is 9.69 Å². The smallest absolute Gasteiger partial charge is 0.243 e. The zero-order valence-corrected chi connectivity index (χ0v) is 14.3. The number of hydrogen-bond acceptors (Lipinski definition) is 3. The molecule has 4 aliphatic rings. The van der Waals surface area contributed by atoms with E-state index in [9.17, 15) is 4.79 Å². The van der Waals surface area contributed by atoms with E-state index in [0.717, 1.165) is 17.6 Å². The number of piperidine rings is 3. The third-order valence-electron chi connectivity index (χ3n) is 5.20. The minimum Gasteiger partial charge on any atom is -0.293 e. The number of fused-ring (bicyclic) bond motifs is 2. The molecule has 3 saturated heterocycles. The summed E-state index contributed by atoms with van der Waals surface area (Å²) in [6, 6.07) is 8.67. The van der Waals surface area contributed by atoms with Crippen LogP contribution >= 0.6 is 15.9 Å². The maximum atomic E-state index is 12.4. The monoisotopic (exact) mass is 361 g/mol. The van der Waals surface area contributed by atoms with Crippen molar-refractivity contribution in [2.24, 2.45) is 11.0 Å². The number of rotatable bonds is 2. The molecule has 2 atom stereocenters. The molecule has 22 heavy (non-hydrogen) atoms. The number of carbonyl (C=O) groups is 1. The summed E-state index contributed by atoms with van der Waals surface area (Å²) in [7, 11) is 0. The van der Waals surface area contributed by atoms with Crippen LogP contribution in [0.1, 0.15) is 37.8 Å². The highest BCUT2D eigenvalue weighted by Gasteiger charge is 2.50. The topological polar surface area (TPSA) is 35.9 Å². The van der Waals surface area contributed by atoms with Gasteiger partial charge in [-0.15, -0.1) is 0 Å². The lowest BCUT2D eigenvalue weighted by Crippen LogP contribution is -2.56. The quantitative estimate of drug-likeness (QED) is 0.810. The van der Waals surface area contributed by atoms with E-state index in [1.807, 2.05) is 6.92 Å². The van der Waals surface area contributed by atoms with Crippen molar-refractivity contribution < 1.29 is 4.79 Å². The molecule has 0 radical (unpaired) electrons. The average molecular weight is 362 g/mol. The summed E-state index contributed by atoms with van der Waals surface area (Å²) in [6.07, 6.45) is 2.88. The van der Waals surface area contributed by atoms with E-state index >= 15 is 0 Å². The molecule has 4 heterocycles. The molecule has 0 aromatic heterocycles. The largest absolute Gasteiger partial charge is 0.293 e. The van der Waals surface area contributed by atoms with Crippen molar-refractivity contribution in [3.8, 4) is 0 Å². The molecule has 0 aliphatic carbocycles. The van der Waals surface area contributed by atoms with Crippen LogP contribution < -0.4 is 0 Å². The van der Waals surface area contributed by atoms with Gasteiger partial charge in [0, 0.05) is 16.8 Å². The molecule has 0 unspecified atom stereocenters. The lowest BCUT2D eigenvalue weighted by molar-refractivity contribution is -0.133. The highest BCUT2D eigenvalue weighted by atomic mass is 79.9. The van der Waals surface area contributed by atoms with Gasteiger partial charge in [0.05, 0.1) is 11.8 Å². The van der Waals surface area contributed by atoms with Gasteiger partial charge in [0.15, 0.2) is 0 Å². The summed E-state index contributed by atoms with van der Waals surface area (Å²) in [6.45, 7) is 4.18. The number of halogens is 1. The first-order chi connectivity index (χ1) is 10.7. The van der Waals surface area contributed by atoms with Crippen LogP contribution in [0.4, 0.5) is 0 Å². The van der Waals surface area contributed by atoms with Crippen LogP contribution in [-0.4, -0.2) is 40.7 Å². The molecule has 3 fully saturated rings. The molecule has 116 valence electrons. The first-order valence-electron chi connectivity index (χ1n) is 8.09. The van der Waals surface area contributed by atoms with Crippen molar-refractivity contribution in [1.29, 1.82) is 0 Å². The van der Waals surface area contributed by atoms with E-state index in [-0.39, 0.29) is 18.0 Å². The van der Waals surface area contributed by atoms with Crippen molar-refractivity contribution in [3.05, 3.63) is 34.3 Å². The van der Waals surface area contributed by atoms with E-state index in [1.165, 1.54) is 24.1 Å². The molecule has 1 aromatic carbocycles.